The van der Waals surface area contributed by atoms with Gasteiger partial charge in [-0.1, -0.05) is 28.5 Å². The van der Waals surface area contributed by atoms with Crippen molar-refractivity contribution in [1.82, 2.24) is 0 Å². The Hall–Kier alpha value is -3.00. The third-order valence-corrected chi connectivity index (χ3v) is 2.75. The molecule has 0 radical (unpaired) electrons. The van der Waals surface area contributed by atoms with Crippen LogP contribution < -0.4 is 5.14 Å². The van der Waals surface area contributed by atoms with Crippen molar-refractivity contribution in [1.29, 1.82) is 10.5 Å². The summed E-state index contributed by atoms with van der Waals surface area (Å²) in [6.45, 7) is 0. The Balaban J connectivity index is 3.26. The molecule has 0 bridgehead atoms. The van der Waals surface area contributed by atoms with Crippen molar-refractivity contribution in [3.05, 3.63) is 35.4 Å². The zero-order valence-corrected chi connectivity index (χ0v) is 13.6. The number of oxime groups is 2. The second-order valence-electron chi connectivity index (χ2n) is 4.03. The monoisotopic (exact) mass is 371 g/mol. The minimum absolute atomic E-state index is 0.0703. The molecule has 24 heavy (non-hydrogen) atoms. The van der Waals surface area contributed by atoms with Gasteiger partial charge in [0.15, 0.2) is 11.4 Å². The van der Waals surface area contributed by atoms with Crippen LogP contribution in [0.1, 0.15) is 11.1 Å². The molecule has 0 amide bonds. The van der Waals surface area contributed by atoms with Crippen molar-refractivity contribution in [3.63, 3.8) is 0 Å². The average molecular weight is 371 g/mol. The normalized spacial score (nSPS) is 12.8. The Bertz CT molecular complexity index is 905. The van der Waals surface area contributed by atoms with Crippen molar-refractivity contribution in [3.8, 4) is 12.1 Å². The van der Waals surface area contributed by atoms with E-state index in [1.165, 1.54) is 24.3 Å². The van der Waals surface area contributed by atoms with Gasteiger partial charge in [0.1, 0.15) is 12.1 Å². The maximum absolute atomic E-state index is 10.9. The van der Waals surface area contributed by atoms with E-state index >= 15 is 0 Å². The van der Waals surface area contributed by atoms with Crippen molar-refractivity contribution < 1.29 is 25.4 Å². The number of nitriles is 2. The summed E-state index contributed by atoms with van der Waals surface area (Å²) >= 11 is 0. The van der Waals surface area contributed by atoms with Gasteiger partial charge in [-0.05, 0) is 6.07 Å². The molecule has 0 unspecified atom stereocenters. The number of benzene rings is 1. The molecule has 0 aromatic heterocycles. The smallest absolute Gasteiger partial charge is 0.267 e. The van der Waals surface area contributed by atoms with Gasteiger partial charge >= 0.3 is 20.4 Å². The number of hydrogen-bond acceptors (Lipinski definition) is 10. The predicted molar refractivity (Wildman–Crippen MR) is 80.9 cm³/mol. The number of nitrogens with zero attached hydrogens (tertiary/aromatic N) is 4. The lowest BCUT2D eigenvalue weighted by molar-refractivity contribution is 0.340. The lowest BCUT2D eigenvalue weighted by Gasteiger charge is -2.02. The molecule has 0 spiro atoms. The zero-order chi connectivity index (χ0) is 18.4. The summed E-state index contributed by atoms with van der Waals surface area (Å²) < 4.78 is 51.3. The molecule has 0 aliphatic rings. The third-order valence-electron chi connectivity index (χ3n) is 2.12. The summed E-state index contributed by atoms with van der Waals surface area (Å²) in [6.07, 6.45) is 0.743. The topological polar surface area (TPSA) is 185 Å². The molecule has 0 aliphatic carbocycles. The van der Waals surface area contributed by atoms with Crippen LogP contribution in [0.2, 0.25) is 0 Å². The van der Waals surface area contributed by atoms with E-state index in [1.54, 1.807) is 12.1 Å². The quantitative estimate of drug-likeness (QED) is 0.504. The molecule has 0 atom stereocenters. The van der Waals surface area contributed by atoms with Gasteiger partial charge in [0.05, 0.1) is 6.26 Å². The summed E-state index contributed by atoms with van der Waals surface area (Å²) in [5.74, 6) is 0. The highest BCUT2D eigenvalue weighted by molar-refractivity contribution is 7.86. The van der Waals surface area contributed by atoms with E-state index in [-0.39, 0.29) is 11.1 Å². The fourth-order valence-corrected chi connectivity index (χ4v) is 1.67. The fraction of sp³-hybridized carbons (Fsp3) is 0.0909. The van der Waals surface area contributed by atoms with Crippen LogP contribution in [0.4, 0.5) is 0 Å². The number of rotatable bonds is 6. The van der Waals surface area contributed by atoms with Crippen LogP contribution in [0, 0.1) is 22.7 Å². The highest BCUT2D eigenvalue weighted by Crippen LogP contribution is 2.09. The van der Waals surface area contributed by atoms with Crippen LogP contribution in [0.15, 0.2) is 34.6 Å². The standard InChI is InChI=1S/C11H9N5O6S2/c1-23(17,18)21-15-10(6-12)8-3-2-4-9(5-8)11(7-13)16-22-24(14,19)20/h2-5H,1H3,(H2,14,19,20)/b15-10+,16-11+. The zero-order valence-electron chi connectivity index (χ0n) is 11.9. The van der Waals surface area contributed by atoms with Crippen LogP contribution in [0.5, 0.6) is 0 Å². The Labute approximate surface area is 137 Å². The molecule has 1 rings (SSSR count). The summed E-state index contributed by atoms with van der Waals surface area (Å²) in [4.78, 5) is 0. The van der Waals surface area contributed by atoms with E-state index < -0.39 is 31.8 Å². The lowest BCUT2D eigenvalue weighted by atomic mass is 10.0. The van der Waals surface area contributed by atoms with Crippen LogP contribution in [0.3, 0.4) is 0 Å². The van der Waals surface area contributed by atoms with Crippen molar-refractivity contribution in [2.75, 3.05) is 6.26 Å². The first-order valence-corrected chi connectivity index (χ1v) is 9.01. The summed E-state index contributed by atoms with van der Waals surface area (Å²) in [5.41, 5.74) is -0.683. The van der Waals surface area contributed by atoms with Gasteiger partial charge in [-0.2, -0.15) is 32.5 Å². The minimum atomic E-state index is -4.39. The van der Waals surface area contributed by atoms with Crippen molar-refractivity contribution in [2.24, 2.45) is 15.5 Å². The largest absolute Gasteiger partial charge is 0.399 e. The van der Waals surface area contributed by atoms with Gasteiger partial charge in [0.2, 0.25) is 0 Å². The molecular formula is C11H9N5O6S2. The SMILES string of the molecule is CS(=O)(=O)O/N=C(\C#N)c1cccc(/C(C#N)=N/OS(N)(=O)=O)c1. The molecular weight excluding hydrogens is 362 g/mol. The predicted octanol–water partition coefficient (Wildman–Crippen LogP) is -0.662. The Morgan fingerprint density at radius 1 is 1.04 bits per heavy atom. The van der Waals surface area contributed by atoms with E-state index in [4.69, 9.17) is 10.5 Å². The third kappa shape index (κ3) is 6.41. The van der Waals surface area contributed by atoms with Crippen LogP contribution >= 0.6 is 0 Å². The Morgan fingerprint density at radius 2 is 1.50 bits per heavy atom. The molecule has 0 saturated carbocycles. The molecule has 0 heterocycles. The van der Waals surface area contributed by atoms with Crippen LogP contribution in [-0.2, 0) is 29.0 Å². The van der Waals surface area contributed by atoms with Gasteiger partial charge in [-0.25, -0.2) is 0 Å². The average Bonchev–Trinajstić information content (AvgIpc) is 2.47. The Morgan fingerprint density at radius 3 is 1.88 bits per heavy atom. The maximum Gasteiger partial charge on any atom is 0.399 e. The van der Waals surface area contributed by atoms with E-state index in [0.29, 0.717) is 0 Å². The maximum atomic E-state index is 10.9. The van der Waals surface area contributed by atoms with E-state index in [2.05, 4.69) is 24.0 Å². The molecule has 13 heteroatoms. The highest BCUT2D eigenvalue weighted by atomic mass is 32.2. The Kier molecular flexibility index (Phi) is 5.96. The first kappa shape index (κ1) is 19.0. The minimum Gasteiger partial charge on any atom is -0.267 e. The van der Waals surface area contributed by atoms with Crippen molar-refractivity contribution >= 4 is 31.8 Å². The van der Waals surface area contributed by atoms with Crippen molar-refractivity contribution in [2.45, 2.75) is 0 Å². The van der Waals surface area contributed by atoms with Gasteiger partial charge in [0, 0.05) is 11.1 Å². The van der Waals surface area contributed by atoms with Gasteiger partial charge in [-0.15, -0.1) is 0 Å². The number of hydrogen-bond donors (Lipinski definition) is 1. The molecule has 2 N–H and O–H groups in total. The van der Waals surface area contributed by atoms with Crippen LogP contribution in [0.25, 0.3) is 0 Å². The molecule has 126 valence electrons. The van der Waals surface area contributed by atoms with E-state index in [9.17, 15) is 16.8 Å². The fourth-order valence-electron chi connectivity index (χ4n) is 1.28. The molecule has 0 saturated heterocycles. The molecule has 0 aliphatic heterocycles. The summed E-state index contributed by atoms with van der Waals surface area (Å²) in [6, 6.07) is 8.57. The second-order valence-corrected chi connectivity index (χ2v) is 6.72. The lowest BCUT2D eigenvalue weighted by Crippen LogP contribution is -2.14. The van der Waals surface area contributed by atoms with Gasteiger partial charge < -0.3 is 0 Å². The number of nitrogens with two attached hydrogens (primary N) is 1. The van der Waals surface area contributed by atoms with E-state index in [0.717, 1.165) is 6.26 Å². The second kappa shape index (κ2) is 7.51. The first-order chi connectivity index (χ1) is 11.1. The highest BCUT2D eigenvalue weighted by Gasteiger charge is 2.11. The molecule has 1 aromatic carbocycles. The van der Waals surface area contributed by atoms with Gasteiger partial charge in [-0.3, -0.25) is 8.57 Å². The van der Waals surface area contributed by atoms with Crippen LogP contribution in [-0.4, -0.2) is 34.5 Å². The van der Waals surface area contributed by atoms with E-state index in [1.807, 2.05) is 0 Å². The molecule has 0 fully saturated rings. The summed E-state index contributed by atoms with van der Waals surface area (Å²) in [5, 5.41) is 28.9. The molecule has 11 nitrogen and oxygen atoms in total. The molecule has 1 aromatic rings. The summed E-state index contributed by atoms with van der Waals surface area (Å²) in [7, 11) is -8.30. The van der Waals surface area contributed by atoms with Gasteiger partial charge in [0.25, 0.3) is 0 Å². The first-order valence-electron chi connectivity index (χ1n) is 5.72.